The fraction of sp³-hybridized carbons (Fsp3) is 0.588. The van der Waals surface area contributed by atoms with Crippen LogP contribution in [0.2, 0.25) is 0 Å². The van der Waals surface area contributed by atoms with E-state index in [9.17, 15) is 9.90 Å². The van der Waals surface area contributed by atoms with Crippen molar-refractivity contribution in [2.45, 2.75) is 50.5 Å². The number of carbonyl (C=O) groups is 1. The largest absolute Gasteiger partial charge is 0.465 e. The minimum Gasteiger partial charge on any atom is -0.465 e. The summed E-state index contributed by atoms with van der Waals surface area (Å²) in [6.45, 7) is 1.24. The Morgan fingerprint density at radius 1 is 1.35 bits per heavy atom. The maximum absolute atomic E-state index is 11.0. The van der Waals surface area contributed by atoms with Crippen LogP contribution >= 0.6 is 0 Å². The summed E-state index contributed by atoms with van der Waals surface area (Å²) in [7, 11) is 0. The molecule has 0 aliphatic carbocycles. The lowest BCUT2D eigenvalue weighted by molar-refractivity contribution is -0.163. The third kappa shape index (κ3) is 6.17. The summed E-state index contributed by atoms with van der Waals surface area (Å²) in [4.78, 5) is 11.0. The Morgan fingerprint density at radius 3 is 2.78 bits per heavy atom. The molecule has 1 saturated heterocycles. The van der Waals surface area contributed by atoms with Gasteiger partial charge in [-0.1, -0.05) is 30.3 Å². The zero-order valence-electron chi connectivity index (χ0n) is 13.2. The van der Waals surface area contributed by atoms with E-state index in [2.05, 4.69) is 5.32 Å². The van der Waals surface area contributed by atoms with Crippen LogP contribution in [0.4, 0.5) is 4.79 Å². The number of aliphatic hydroxyl groups excluding tert-OH is 1. The molecule has 1 aliphatic heterocycles. The monoisotopic (exact) mass is 323 g/mol. The van der Waals surface area contributed by atoms with Crippen LogP contribution in [0.5, 0.6) is 0 Å². The molecule has 3 N–H and O–H groups in total. The first-order valence-electron chi connectivity index (χ1n) is 8.12. The molecule has 3 atom stereocenters. The van der Waals surface area contributed by atoms with E-state index >= 15 is 0 Å². The van der Waals surface area contributed by atoms with Gasteiger partial charge in [-0.25, -0.2) is 4.79 Å². The van der Waals surface area contributed by atoms with Gasteiger partial charge in [0.25, 0.3) is 0 Å². The number of hydrogen-bond donors (Lipinski definition) is 3. The number of carboxylic acid groups (broad SMARTS) is 1. The first-order chi connectivity index (χ1) is 11.2. The second-order valence-corrected chi connectivity index (χ2v) is 5.71. The predicted molar refractivity (Wildman–Crippen MR) is 85.1 cm³/mol. The minimum absolute atomic E-state index is 0.136. The third-order valence-corrected chi connectivity index (χ3v) is 3.91. The molecule has 1 heterocycles. The lowest BCUT2D eigenvalue weighted by Crippen LogP contribution is -2.35. The van der Waals surface area contributed by atoms with Crippen LogP contribution in [-0.2, 0) is 9.47 Å². The lowest BCUT2D eigenvalue weighted by atomic mass is 9.98. The van der Waals surface area contributed by atoms with E-state index in [1.807, 2.05) is 18.2 Å². The molecule has 0 radical (unpaired) electrons. The Bertz CT molecular complexity index is 461. The van der Waals surface area contributed by atoms with Crippen LogP contribution in [0.3, 0.4) is 0 Å². The Kier molecular flexibility index (Phi) is 7.32. The Balaban J connectivity index is 1.78. The van der Waals surface area contributed by atoms with Crippen LogP contribution in [0.25, 0.3) is 0 Å². The van der Waals surface area contributed by atoms with E-state index < -0.39 is 18.2 Å². The van der Waals surface area contributed by atoms with E-state index in [1.54, 1.807) is 12.1 Å². The van der Waals surface area contributed by atoms with Crippen molar-refractivity contribution in [1.29, 1.82) is 0 Å². The zero-order valence-corrected chi connectivity index (χ0v) is 13.2. The van der Waals surface area contributed by atoms with Crippen molar-refractivity contribution >= 4 is 6.09 Å². The molecule has 0 bridgehead atoms. The van der Waals surface area contributed by atoms with Gasteiger partial charge in [0.1, 0.15) is 0 Å². The van der Waals surface area contributed by atoms with Gasteiger partial charge >= 0.3 is 6.09 Å². The zero-order chi connectivity index (χ0) is 16.5. The van der Waals surface area contributed by atoms with Gasteiger partial charge < -0.3 is 25.0 Å². The van der Waals surface area contributed by atoms with Crippen LogP contribution in [0.1, 0.15) is 43.7 Å². The van der Waals surface area contributed by atoms with Crippen LogP contribution in [-0.4, -0.2) is 41.9 Å². The average Bonchev–Trinajstić information content (AvgIpc) is 2.58. The van der Waals surface area contributed by atoms with E-state index in [4.69, 9.17) is 14.6 Å². The predicted octanol–water partition coefficient (Wildman–Crippen LogP) is 2.68. The number of benzene rings is 1. The molecule has 1 fully saturated rings. The normalized spacial score (nSPS) is 20.7. The number of aliphatic hydroxyl groups is 1. The second kappa shape index (κ2) is 9.50. The molecule has 1 aromatic rings. The van der Waals surface area contributed by atoms with Crippen LogP contribution in [0, 0.1) is 0 Å². The molecule has 23 heavy (non-hydrogen) atoms. The van der Waals surface area contributed by atoms with Crippen molar-refractivity contribution in [2.75, 3.05) is 13.2 Å². The summed E-state index contributed by atoms with van der Waals surface area (Å²) in [6.07, 6.45) is 2.12. The Labute approximate surface area is 136 Å². The summed E-state index contributed by atoms with van der Waals surface area (Å²) in [5, 5.41) is 21.7. The van der Waals surface area contributed by atoms with Gasteiger partial charge in [-0.3, -0.25) is 0 Å². The molecule has 6 nitrogen and oxygen atoms in total. The molecule has 0 spiro atoms. The molecule has 1 aliphatic rings. The number of amides is 1. The fourth-order valence-electron chi connectivity index (χ4n) is 2.71. The maximum Gasteiger partial charge on any atom is 0.405 e. The highest BCUT2D eigenvalue weighted by molar-refractivity contribution is 5.65. The highest BCUT2D eigenvalue weighted by Gasteiger charge is 2.23. The molecule has 6 heteroatoms. The molecule has 3 unspecified atom stereocenters. The third-order valence-electron chi connectivity index (χ3n) is 3.91. The highest BCUT2D eigenvalue weighted by atomic mass is 16.7. The molecule has 1 aromatic carbocycles. The van der Waals surface area contributed by atoms with Crippen molar-refractivity contribution in [3.63, 3.8) is 0 Å². The minimum atomic E-state index is -1.15. The van der Waals surface area contributed by atoms with Gasteiger partial charge in [-0.05, 0) is 37.7 Å². The van der Waals surface area contributed by atoms with Gasteiger partial charge in [-0.2, -0.15) is 0 Å². The molecular formula is C17H25NO5. The van der Waals surface area contributed by atoms with E-state index in [-0.39, 0.29) is 6.29 Å². The van der Waals surface area contributed by atoms with Gasteiger partial charge in [0, 0.05) is 13.2 Å². The van der Waals surface area contributed by atoms with Crippen molar-refractivity contribution in [1.82, 2.24) is 5.32 Å². The Morgan fingerprint density at radius 2 is 2.13 bits per heavy atom. The number of rotatable bonds is 8. The summed E-state index contributed by atoms with van der Waals surface area (Å²) in [5.41, 5.74) is 0.749. The Hall–Kier alpha value is -1.63. The van der Waals surface area contributed by atoms with E-state index in [0.29, 0.717) is 19.4 Å². The topological polar surface area (TPSA) is 88.0 Å². The smallest absolute Gasteiger partial charge is 0.405 e. The number of nitrogens with one attached hydrogen (secondary N) is 1. The van der Waals surface area contributed by atoms with Crippen molar-refractivity contribution in [2.24, 2.45) is 0 Å². The molecule has 0 saturated carbocycles. The molecule has 2 rings (SSSR count). The lowest BCUT2D eigenvalue weighted by Gasteiger charge is -2.25. The molecule has 0 aromatic heterocycles. The maximum atomic E-state index is 11.0. The van der Waals surface area contributed by atoms with Gasteiger partial charge in [0.15, 0.2) is 6.29 Å². The summed E-state index contributed by atoms with van der Waals surface area (Å²) in [5.74, 6) is 0. The molecule has 128 valence electrons. The van der Waals surface area contributed by atoms with Gasteiger partial charge in [0.2, 0.25) is 0 Å². The first kappa shape index (κ1) is 17.7. The standard InChI is InChI=1S/C17H25NO5/c19-14(9-6-12-23-15-10-4-5-11-22-15)16(18-17(20)21)13-7-2-1-3-8-13/h1-3,7-8,14-16,18-19H,4-6,9-12H2,(H,20,21). The SMILES string of the molecule is O=C(O)NC(c1ccccc1)C(O)CCCOC1CCCCO1. The highest BCUT2D eigenvalue weighted by Crippen LogP contribution is 2.20. The summed E-state index contributed by atoms with van der Waals surface area (Å²) < 4.78 is 11.1. The number of ether oxygens (including phenoxy) is 2. The van der Waals surface area contributed by atoms with E-state index in [1.165, 1.54) is 0 Å². The van der Waals surface area contributed by atoms with Crippen molar-refractivity contribution in [3.05, 3.63) is 35.9 Å². The van der Waals surface area contributed by atoms with Gasteiger partial charge in [0.05, 0.1) is 12.1 Å². The molecule has 1 amide bonds. The fourth-order valence-corrected chi connectivity index (χ4v) is 2.71. The van der Waals surface area contributed by atoms with Crippen LogP contribution < -0.4 is 5.32 Å². The first-order valence-corrected chi connectivity index (χ1v) is 8.12. The summed E-state index contributed by atoms with van der Waals surface area (Å²) >= 11 is 0. The van der Waals surface area contributed by atoms with Crippen molar-refractivity contribution < 1.29 is 24.5 Å². The quantitative estimate of drug-likeness (QED) is 0.640. The van der Waals surface area contributed by atoms with Gasteiger partial charge in [-0.15, -0.1) is 0 Å². The van der Waals surface area contributed by atoms with Crippen LogP contribution in [0.15, 0.2) is 30.3 Å². The second-order valence-electron chi connectivity index (χ2n) is 5.71. The van der Waals surface area contributed by atoms with Crippen molar-refractivity contribution in [3.8, 4) is 0 Å². The average molecular weight is 323 g/mol. The van der Waals surface area contributed by atoms with E-state index in [0.717, 1.165) is 31.4 Å². The number of hydrogen-bond acceptors (Lipinski definition) is 4. The summed E-state index contributed by atoms with van der Waals surface area (Å²) in [6, 6.07) is 8.46. The molecular weight excluding hydrogens is 298 g/mol.